The number of pyridine rings is 1. The Morgan fingerprint density at radius 1 is 0.833 bits per heavy atom. The minimum absolute atomic E-state index is 0.0978. The molecule has 5 atom stereocenters. The summed E-state index contributed by atoms with van der Waals surface area (Å²) in [6.45, 7) is 14.3. The fraction of sp³-hybridized carbons (Fsp3) is 0.541. The summed E-state index contributed by atoms with van der Waals surface area (Å²) in [6.07, 6.45) is 5.55. The fourth-order valence-electron chi connectivity index (χ4n) is 10.7. The number of amides is 6. The molecule has 0 aliphatic carbocycles. The third kappa shape index (κ3) is 20.3. The monoisotopic (exact) mass is 1160 g/mol. The number of piperazine rings is 1. The van der Waals surface area contributed by atoms with Crippen molar-refractivity contribution in [2.24, 2.45) is 16.9 Å². The molecular formula is C61H87F2N15O6. The van der Waals surface area contributed by atoms with Crippen LogP contribution < -0.4 is 53.6 Å². The highest BCUT2D eigenvalue weighted by Crippen LogP contribution is 2.32. The number of fused-ring (bicyclic) bond motifs is 12. The first-order valence-electron chi connectivity index (χ1n) is 29.3. The number of nitrogens with two attached hydrogens (primary N) is 2. The van der Waals surface area contributed by atoms with E-state index in [9.17, 15) is 42.8 Å². The molecule has 4 unspecified atom stereocenters. The third-order valence-electron chi connectivity index (χ3n) is 15.7. The Kier molecular flexibility index (Phi) is 25.7. The van der Waals surface area contributed by atoms with Crippen LogP contribution in [0.3, 0.4) is 0 Å². The lowest BCUT2D eigenvalue weighted by Crippen LogP contribution is -2.66. The maximum absolute atomic E-state index is 13.8. The van der Waals surface area contributed by atoms with Gasteiger partial charge in [-0.2, -0.15) is 5.26 Å². The summed E-state index contributed by atoms with van der Waals surface area (Å²) in [7, 11) is 1.89. The Labute approximate surface area is 492 Å². The van der Waals surface area contributed by atoms with Crippen LogP contribution in [0.5, 0.6) is 0 Å². The van der Waals surface area contributed by atoms with Crippen LogP contribution in [0.1, 0.15) is 73.9 Å². The van der Waals surface area contributed by atoms with Gasteiger partial charge in [0.1, 0.15) is 18.1 Å². The van der Waals surface area contributed by atoms with Crippen LogP contribution in [-0.2, 0) is 36.8 Å². The SMILES string of the molecule is CCCCC(=O)NC1(CN)CNCCNCC(C)(CN)CN2CCN(CC2)C1.CN(CCCCNC(=O)[C@@H](Cc1ccccc1)NC(=O)C(Cc1ccccc1)NC=O)c1ccc2nccc(C(=O)NCC(=O)N3CC(F)(F)CC3C#N)c2c1. The van der Waals surface area contributed by atoms with Gasteiger partial charge in [0.05, 0.1) is 35.8 Å². The molecule has 4 aromatic rings. The number of nitriles is 1. The van der Waals surface area contributed by atoms with Crippen molar-refractivity contribution >= 4 is 52.5 Å². The molecule has 0 spiro atoms. The van der Waals surface area contributed by atoms with Crippen LogP contribution >= 0.6 is 0 Å². The highest BCUT2D eigenvalue weighted by Gasteiger charge is 2.47. The Morgan fingerprint density at radius 2 is 1.49 bits per heavy atom. The van der Waals surface area contributed by atoms with E-state index < -0.39 is 66.8 Å². The third-order valence-corrected chi connectivity index (χ3v) is 15.7. The lowest BCUT2D eigenvalue weighted by Gasteiger charge is -2.44. The minimum atomic E-state index is -3.16. The zero-order chi connectivity index (χ0) is 60.5. The van der Waals surface area contributed by atoms with E-state index in [1.165, 1.54) is 12.3 Å². The number of likely N-dealkylation sites (tertiary alicyclic amines) is 1. The molecule has 21 nitrogen and oxygen atoms in total. The van der Waals surface area contributed by atoms with Crippen molar-refractivity contribution in [1.29, 1.82) is 5.26 Å². The van der Waals surface area contributed by atoms with E-state index in [0.29, 0.717) is 69.3 Å². The normalized spacial score (nSPS) is 22.1. The predicted octanol–water partition coefficient (Wildman–Crippen LogP) is 1.91. The summed E-state index contributed by atoms with van der Waals surface area (Å²) in [5.41, 5.74) is 15.3. The van der Waals surface area contributed by atoms with Crippen LogP contribution in [0.2, 0.25) is 0 Å². The molecule has 4 fully saturated rings. The molecule has 1 aromatic heterocycles. The van der Waals surface area contributed by atoms with Crippen LogP contribution in [0.15, 0.2) is 91.1 Å². The summed E-state index contributed by atoms with van der Waals surface area (Å²) >= 11 is 0. The van der Waals surface area contributed by atoms with Gasteiger partial charge < -0.3 is 63.4 Å². The average Bonchev–Trinajstić information content (AvgIpc) is 3.46. The highest BCUT2D eigenvalue weighted by atomic mass is 19.3. The highest BCUT2D eigenvalue weighted by molar-refractivity contribution is 6.07. The van der Waals surface area contributed by atoms with E-state index in [1.54, 1.807) is 18.2 Å². The van der Waals surface area contributed by atoms with E-state index in [4.69, 9.17) is 11.5 Å². The maximum Gasteiger partial charge on any atom is 0.268 e. The maximum atomic E-state index is 13.8. The van der Waals surface area contributed by atoms with Gasteiger partial charge in [-0.15, -0.1) is 0 Å². The van der Waals surface area contributed by atoms with Gasteiger partial charge in [0.25, 0.3) is 11.8 Å². The van der Waals surface area contributed by atoms with E-state index in [1.807, 2.05) is 78.7 Å². The molecule has 8 rings (SSSR count). The number of carbonyl (C=O) groups is 6. The van der Waals surface area contributed by atoms with E-state index in [2.05, 4.69) is 65.8 Å². The van der Waals surface area contributed by atoms with E-state index in [-0.39, 0.29) is 35.6 Å². The second-order valence-corrected chi connectivity index (χ2v) is 22.7. The number of unbranched alkanes of at least 4 members (excludes halogenated alkanes) is 2. The Balaban J connectivity index is 0.000000338. The second kappa shape index (κ2) is 32.7. The van der Waals surface area contributed by atoms with Crippen molar-refractivity contribution in [3.05, 3.63) is 108 Å². The van der Waals surface area contributed by atoms with Gasteiger partial charge in [-0.25, -0.2) is 8.78 Å². The summed E-state index contributed by atoms with van der Waals surface area (Å²) in [6, 6.07) is 24.3. The number of carbonyl (C=O) groups excluding carboxylic acids is 6. The zero-order valence-corrected chi connectivity index (χ0v) is 49.0. The molecule has 84 heavy (non-hydrogen) atoms. The number of nitrogens with one attached hydrogen (secondary N) is 7. The molecule has 11 N–H and O–H groups in total. The smallest absolute Gasteiger partial charge is 0.268 e. The zero-order valence-electron chi connectivity index (χ0n) is 49.0. The Morgan fingerprint density at radius 3 is 2.12 bits per heavy atom. The minimum Gasteiger partial charge on any atom is -0.375 e. The van der Waals surface area contributed by atoms with Crippen LogP contribution in [-0.4, -0.2) is 197 Å². The molecule has 4 aliphatic rings. The number of alkyl halides is 2. The number of hydrogen-bond donors (Lipinski definition) is 9. The largest absolute Gasteiger partial charge is 0.375 e. The number of anilines is 1. The van der Waals surface area contributed by atoms with Crippen molar-refractivity contribution in [3.63, 3.8) is 0 Å². The van der Waals surface area contributed by atoms with Gasteiger partial charge in [-0.3, -0.25) is 38.7 Å². The van der Waals surface area contributed by atoms with Gasteiger partial charge >= 0.3 is 0 Å². The number of nitrogens with zero attached hydrogens (tertiary/aromatic N) is 6. The number of halogens is 2. The molecule has 0 saturated carbocycles. The summed E-state index contributed by atoms with van der Waals surface area (Å²) in [4.78, 5) is 88.5. The molecule has 0 radical (unpaired) electrons. The first-order valence-corrected chi connectivity index (χ1v) is 29.3. The molecule has 5 heterocycles. The molecule has 6 amide bonds. The van der Waals surface area contributed by atoms with Crippen molar-refractivity contribution < 1.29 is 37.5 Å². The number of hydrogen-bond acceptors (Lipinski definition) is 15. The van der Waals surface area contributed by atoms with Crippen LogP contribution in [0.25, 0.3) is 10.9 Å². The number of rotatable bonds is 24. The van der Waals surface area contributed by atoms with Gasteiger partial charge in [0, 0.05) is 147 Å². The molecular weight excluding hydrogens is 1080 g/mol. The molecule has 4 saturated heterocycles. The summed E-state index contributed by atoms with van der Waals surface area (Å²) in [5.74, 6) is -5.22. The van der Waals surface area contributed by atoms with Crippen molar-refractivity contribution in [1.82, 2.24) is 56.9 Å². The van der Waals surface area contributed by atoms with Crippen molar-refractivity contribution in [2.45, 2.75) is 94.8 Å². The lowest BCUT2D eigenvalue weighted by molar-refractivity contribution is -0.131. The van der Waals surface area contributed by atoms with Gasteiger partial charge in [0.2, 0.25) is 30.0 Å². The van der Waals surface area contributed by atoms with Gasteiger partial charge in [0.15, 0.2) is 0 Å². The Hall–Kier alpha value is -7.20. The molecule has 2 bridgehead atoms. The molecule has 3 aromatic carbocycles. The fourth-order valence-corrected chi connectivity index (χ4v) is 10.7. The van der Waals surface area contributed by atoms with Crippen molar-refractivity contribution in [2.75, 3.05) is 117 Å². The predicted molar refractivity (Wildman–Crippen MR) is 321 cm³/mol. The molecule has 23 heteroatoms. The molecule has 4 aliphatic heterocycles. The van der Waals surface area contributed by atoms with Gasteiger partial charge in [-0.05, 0) is 54.7 Å². The summed E-state index contributed by atoms with van der Waals surface area (Å²) in [5, 5.41) is 30.9. The second-order valence-electron chi connectivity index (χ2n) is 22.7. The van der Waals surface area contributed by atoms with Gasteiger partial charge in [-0.1, -0.05) is 80.9 Å². The summed E-state index contributed by atoms with van der Waals surface area (Å²) < 4.78 is 27.7. The quantitative estimate of drug-likeness (QED) is 0.0358. The average molecular weight is 1160 g/mol. The lowest BCUT2D eigenvalue weighted by atomic mass is 9.89. The van der Waals surface area contributed by atoms with Crippen LogP contribution in [0, 0.1) is 16.7 Å². The van der Waals surface area contributed by atoms with E-state index >= 15 is 0 Å². The first-order chi connectivity index (χ1) is 40.4. The standard InChI is InChI=1S/C41H44F2N8O5.C20H43N7O/c1-50(30-14-15-34-33(22-30)32(16-18-45-34)38(54)47-25-37(53)51-26-41(42,43)23-31(51)24-44)19-9-8-17-46-39(55)36(21-29-12-6-3-7-13-29)49-40(56)35(48-27-52)20-28-10-4-2-5-11-28;1-3-4-5-18(28)25-20(13-22)15-24-7-6-23-14-19(2,12-21)16-26-8-10-27(17-20)11-9-26/h2-7,10-16,18,22,27,31,35-36H,8-9,17,19-21,23,25-26H2,1H3,(H,46,55)(H,47,54)(H,48,52)(H,49,56);23-24H,3-17,21-22H2,1-2H3,(H,25,28)/t31?,35?,36-;/m1./s1. The van der Waals surface area contributed by atoms with Crippen molar-refractivity contribution in [3.8, 4) is 6.07 Å². The topological polar surface area (TPSA) is 288 Å². The molecule has 456 valence electrons. The first kappa shape index (κ1) is 65.9. The number of benzene rings is 3. The van der Waals surface area contributed by atoms with Crippen LogP contribution in [0.4, 0.5) is 14.5 Å². The number of aromatic nitrogens is 1. The Bertz CT molecular complexity index is 2810. The van der Waals surface area contributed by atoms with E-state index in [0.717, 1.165) is 93.5 Å².